The number of hydrogen-bond donors (Lipinski definition) is 1. The molecule has 1 aromatic heterocycles. The number of carbonyl (C=O) groups is 1. The number of methoxy groups -OCH3 is 1. The lowest BCUT2D eigenvalue weighted by molar-refractivity contribution is 0.105. The summed E-state index contributed by atoms with van der Waals surface area (Å²) in [5.74, 6) is 0.442. The zero-order valence-corrected chi connectivity index (χ0v) is 10.6. The number of benzene rings is 1. The summed E-state index contributed by atoms with van der Waals surface area (Å²) in [6, 6.07) is 8.56. The maximum atomic E-state index is 11.7. The molecule has 0 saturated heterocycles. The van der Waals surface area contributed by atoms with Gasteiger partial charge in [0.2, 0.25) is 0 Å². The molecule has 0 unspecified atom stereocenters. The van der Waals surface area contributed by atoms with Crippen molar-refractivity contribution in [3.05, 3.63) is 52.2 Å². The van der Waals surface area contributed by atoms with Gasteiger partial charge in [-0.3, -0.25) is 4.79 Å². The normalized spacial score (nSPS) is 10.7. The third-order valence-electron chi connectivity index (χ3n) is 2.39. The summed E-state index contributed by atoms with van der Waals surface area (Å²) >= 11 is 1.41. The van der Waals surface area contributed by atoms with Crippen LogP contribution in [0.5, 0.6) is 11.5 Å². The maximum Gasteiger partial charge on any atom is 0.195 e. The standard InChI is InChI=1S/C14H12O3S/c1-17-13-9-10(4-6-11(13)15)5-7-12(16)14-3-2-8-18-14/h2-9,15H,1H3/b7-5+. The van der Waals surface area contributed by atoms with Gasteiger partial charge in [-0.25, -0.2) is 0 Å². The molecule has 1 aromatic carbocycles. The van der Waals surface area contributed by atoms with Crippen molar-refractivity contribution in [3.8, 4) is 11.5 Å². The molecular weight excluding hydrogens is 248 g/mol. The van der Waals surface area contributed by atoms with Crippen LogP contribution in [0.1, 0.15) is 15.2 Å². The van der Waals surface area contributed by atoms with Gasteiger partial charge in [0.1, 0.15) is 0 Å². The van der Waals surface area contributed by atoms with E-state index >= 15 is 0 Å². The Morgan fingerprint density at radius 1 is 1.39 bits per heavy atom. The first-order valence-corrected chi connectivity index (χ1v) is 6.21. The minimum Gasteiger partial charge on any atom is -0.504 e. The Bertz CT molecular complexity index is 571. The lowest BCUT2D eigenvalue weighted by Gasteiger charge is -2.03. The zero-order chi connectivity index (χ0) is 13.0. The topological polar surface area (TPSA) is 46.5 Å². The van der Waals surface area contributed by atoms with Gasteiger partial charge in [-0.15, -0.1) is 11.3 Å². The van der Waals surface area contributed by atoms with Crippen molar-refractivity contribution < 1.29 is 14.6 Å². The van der Waals surface area contributed by atoms with E-state index in [4.69, 9.17) is 4.74 Å². The van der Waals surface area contributed by atoms with Crippen LogP contribution in [-0.2, 0) is 0 Å². The number of rotatable bonds is 4. The second kappa shape index (κ2) is 5.51. The van der Waals surface area contributed by atoms with Crippen molar-refractivity contribution in [2.45, 2.75) is 0 Å². The van der Waals surface area contributed by atoms with Crippen molar-refractivity contribution in [2.24, 2.45) is 0 Å². The fraction of sp³-hybridized carbons (Fsp3) is 0.0714. The molecule has 1 heterocycles. The molecule has 1 N–H and O–H groups in total. The lowest BCUT2D eigenvalue weighted by atomic mass is 10.1. The van der Waals surface area contributed by atoms with Crippen LogP contribution >= 0.6 is 11.3 Å². The number of aromatic hydroxyl groups is 1. The number of ether oxygens (including phenoxy) is 1. The second-order valence-corrected chi connectivity index (χ2v) is 4.55. The number of ketones is 1. The summed E-state index contributed by atoms with van der Waals surface area (Å²) in [5, 5.41) is 11.3. The smallest absolute Gasteiger partial charge is 0.195 e. The molecule has 0 amide bonds. The van der Waals surface area contributed by atoms with Gasteiger partial charge >= 0.3 is 0 Å². The Morgan fingerprint density at radius 2 is 2.22 bits per heavy atom. The molecule has 2 rings (SSSR count). The molecule has 92 valence electrons. The number of hydrogen-bond acceptors (Lipinski definition) is 4. The van der Waals surface area contributed by atoms with Crippen LogP contribution in [-0.4, -0.2) is 18.0 Å². The number of phenols is 1. The van der Waals surface area contributed by atoms with Crippen LogP contribution in [0.4, 0.5) is 0 Å². The second-order valence-electron chi connectivity index (χ2n) is 3.61. The van der Waals surface area contributed by atoms with Crippen molar-refractivity contribution in [1.82, 2.24) is 0 Å². The minimum absolute atomic E-state index is 0.0305. The van der Waals surface area contributed by atoms with Gasteiger partial charge < -0.3 is 9.84 Å². The minimum atomic E-state index is -0.0305. The van der Waals surface area contributed by atoms with Gasteiger partial charge in [0.15, 0.2) is 17.3 Å². The average molecular weight is 260 g/mol. The monoisotopic (exact) mass is 260 g/mol. The SMILES string of the molecule is COc1cc(/C=C/C(=O)c2cccs2)ccc1O. The van der Waals surface area contributed by atoms with Gasteiger partial charge in [-0.1, -0.05) is 18.2 Å². The molecule has 0 aliphatic heterocycles. The van der Waals surface area contributed by atoms with Crippen LogP contribution in [0.15, 0.2) is 41.8 Å². The predicted octanol–water partition coefficient (Wildman–Crippen LogP) is 3.36. The number of carbonyl (C=O) groups excluding carboxylic acids is 1. The summed E-state index contributed by atoms with van der Waals surface area (Å²) in [6.07, 6.45) is 3.21. The molecule has 2 aromatic rings. The molecule has 0 spiro atoms. The summed E-state index contributed by atoms with van der Waals surface area (Å²) in [5.41, 5.74) is 0.801. The molecule has 0 aliphatic carbocycles. The van der Waals surface area contributed by atoms with E-state index in [1.54, 1.807) is 24.3 Å². The highest BCUT2D eigenvalue weighted by atomic mass is 32.1. The van der Waals surface area contributed by atoms with Crippen LogP contribution in [0.2, 0.25) is 0 Å². The van der Waals surface area contributed by atoms with Gasteiger partial charge in [-0.2, -0.15) is 0 Å². The molecule has 0 saturated carbocycles. The van der Waals surface area contributed by atoms with E-state index in [0.717, 1.165) is 5.56 Å². The van der Waals surface area contributed by atoms with E-state index in [9.17, 15) is 9.90 Å². The van der Waals surface area contributed by atoms with Crippen LogP contribution in [0.25, 0.3) is 6.08 Å². The average Bonchev–Trinajstić information content (AvgIpc) is 2.91. The Labute approximate surface area is 109 Å². The Kier molecular flexibility index (Phi) is 3.79. The molecule has 18 heavy (non-hydrogen) atoms. The number of thiophene rings is 1. The van der Waals surface area contributed by atoms with E-state index < -0.39 is 0 Å². The zero-order valence-electron chi connectivity index (χ0n) is 9.79. The van der Waals surface area contributed by atoms with Crippen molar-refractivity contribution in [3.63, 3.8) is 0 Å². The van der Waals surface area contributed by atoms with Gasteiger partial charge in [0.05, 0.1) is 12.0 Å². The fourth-order valence-corrected chi connectivity index (χ4v) is 2.12. The van der Waals surface area contributed by atoms with Gasteiger partial charge in [0.25, 0.3) is 0 Å². The lowest BCUT2D eigenvalue weighted by Crippen LogP contribution is -1.89. The van der Waals surface area contributed by atoms with E-state index in [-0.39, 0.29) is 11.5 Å². The Hall–Kier alpha value is -2.07. The number of allylic oxidation sites excluding steroid dienone is 1. The van der Waals surface area contributed by atoms with Crippen molar-refractivity contribution >= 4 is 23.2 Å². The molecule has 0 aliphatic rings. The molecular formula is C14H12O3S. The Morgan fingerprint density at radius 3 is 2.89 bits per heavy atom. The van der Waals surface area contributed by atoms with Crippen LogP contribution in [0.3, 0.4) is 0 Å². The van der Waals surface area contributed by atoms with Crippen LogP contribution in [0, 0.1) is 0 Å². The molecule has 0 radical (unpaired) electrons. The first-order chi connectivity index (χ1) is 8.70. The highest BCUT2D eigenvalue weighted by Gasteiger charge is 2.03. The highest BCUT2D eigenvalue weighted by molar-refractivity contribution is 7.12. The van der Waals surface area contributed by atoms with Gasteiger partial charge in [0, 0.05) is 0 Å². The van der Waals surface area contributed by atoms with E-state index in [2.05, 4.69) is 0 Å². The largest absolute Gasteiger partial charge is 0.504 e. The Balaban J connectivity index is 2.16. The molecule has 4 heteroatoms. The van der Waals surface area contributed by atoms with Crippen molar-refractivity contribution in [2.75, 3.05) is 7.11 Å². The molecule has 3 nitrogen and oxygen atoms in total. The van der Waals surface area contributed by atoms with Crippen LogP contribution < -0.4 is 4.74 Å². The fourth-order valence-electron chi connectivity index (χ4n) is 1.47. The van der Waals surface area contributed by atoms with E-state index in [1.807, 2.05) is 11.4 Å². The third-order valence-corrected chi connectivity index (χ3v) is 3.28. The summed E-state index contributed by atoms with van der Waals surface area (Å²) in [7, 11) is 1.49. The summed E-state index contributed by atoms with van der Waals surface area (Å²) in [6.45, 7) is 0. The highest BCUT2D eigenvalue weighted by Crippen LogP contribution is 2.26. The van der Waals surface area contributed by atoms with Gasteiger partial charge in [-0.05, 0) is 35.2 Å². The summed E-state index contributed by atoms with van der Waals surface area (Å²) in [4.78, 5) is 12.4. The summed E-state index contributed by atoms with van der Waals surface area (Å²) < 4.78 is 5.00. The maximum absolute atomic E-state index is 11.7. The number of phenolic OH excluding ortho intramolecular Hbond substituents is 1. The van der Waals surface area contributed by atoms with E-state index in [1.165, 1.54) is 30.6 Å². The quantitative estimate of drug-likeness (QED) is 0.677. The molecule has 0 fully saturated rings. The molecule has 0 bridgehead atoms. The van der Waals surface area contributed by atoms with Crippen molar-refractivity contribution in [1.29, 1.82) is 0 Å². The first kappa shape index (κ1) is 12.4. The predicted molar refractivity (Wildman–Crippen MR) is 72.3 cm³/mol. The third kappa shape index (κ3) is 2.78. The van der Waals surface area contributed by atoms with E-state index in [0.29, 0.717) is 10.6 Å². The first-order valence-electron chi connectivity index (χ1n) is 5.33. The molecule has 0 atom stereocenters.